The lowest BCUT2D eigenvalue weighted by molar-refractivity contribution is 0.339. The first-order valence-electron chi connectivity index (χ1n) is 8.47. The average molecular weight is 294 g/mol. The molecule has 0 bridgehead atoms. The van der Waals surface area contributed by atoms with Gasteiger partial charge in [-0.2, -0.15) is 0 Å². The molecular formula is C20H26N2. The maximum atomic E-state index is 6.08. The minimum Gasteiger partial charge on any atom is -0.397 e. The van der Waals surface area contributed by atoms with E-state index in [-0.39, 0.29) is 0 Å². The Bertz CT molecular complexity index is 610. The van der Waals surface area contributed by atoms with Crippen LogP contribution in [0.25, 0.3) is 11.1 Å². The van der Waals surface area contributed by atoms with Gasteiger partial charge < -0.3 is 11.5 Å². The van der Waals surface area contributed by atoms with Gasteiger partial charge in [-0.3, -0.25) is 0 Å². The zero-order valence-corrected chi connectivity index (χ0v) is 13.2. The summed E-state index contributed by atoms with van der Waals surface area (Å²) in [5.41, 5.74) is 16.9. The highest BCUT2D eigenvalue weighted by molar-refractivity contribution is 5.84. The van der Waals surface area contributed by atoms with Crippen molar-refractivity contribution in [2.24, 2.45) is 5.92 Å². The van der Waals surface area contributed by atoms with Crippen molar-refractivity contribution in [1.29, 1.82) is 0 Å². The molecule has 0 saturated heterocycles. The summed E-state index contributed by atoms with van der Waals surface area (Å²) < 4.78 is 0. The Morgan fingerprint density at radius 2 is 1.59 bits per heavy atom. The number of rotatable bonds is 4. The van der Waals surface area contributed by atoms with Gasteiger partial charge in [0.05, 0.1) is 11.4 Å². The van der Waals surface area contributed by atoms with Crippen molar-refractivity contribution in [1.82, 2.24) is 0 Å². The van der Waals surface area contributed by atoms with E-state index in [0.717, 1.165) is 17.0 Å². The van der Waals surface area contributed by atoms with E-state index in [1.807, 2.05) is 18.2 Å². The Morgan fingerprint density at radius 1 is 0.864 bits per heavy atom. The van der Waals surface area contributed by atoms with Crippen molar-refractivity contribution in [3.63, 3.8) is 0 Å². The first-order chi connectivity index (χ1) is 10.7. The molecule has 1 aliphatic carbocycles. The fourth-order valence-electron chi connectivity index (χ4n) is 3.53. The molecular weight excluding hydrogens is 268 g/mol. The molecule has 0 amide bonds. The van der Waals surface area contributed by atoms with E-state index in [2.05, 4.69) is 24.3 Å². The maximum absolute atomic E-state index is 6.08. The molecule has 0 spiro atoms. The van der Waals surface area contributed by atoms with E-state index >= 15 is 0 Å². The van der Waals surface area contributed by atoms with Crippen LogP contribution in [0, 0.1) is 5.92 Å². The fraction of sp³-hybridized carbons (Fsp3) is 0.400. The number of nitrogen functional groups attached to an aromatic ring is 2. The Morgan fingerprint density at radius 3 is 2.32 bits per heavy atom. The van der Waals surface area contributed by atoms with Gasteiger partial charge in [0.1, 0.15) is 0 Å². The number of hydrogen-bond donors (Lipinski definition) is 2. The Kier molecular flexibility index (Phi) is 4.67. The highest BCUT2D eigenvalue weighted by Crippen LogP contribution is 2.31. The first kappa shape index (κ1) is 15.0. The quantitative estimate of drug-likeness (QED) is 0.777. The van der Waals surface area contributed by atoms with Crippen molar-refractivity contribution >= 4 is 11.4 Å². The van der Waals surface area contributed by atoms with E-state index in [0.29, 0.717) is 11.4 Å². The SMILES string of the molecule is Nc1cccc(-c2ccc(CCC3CCCCC3)cc2)c1N. The molecule has 0 atom stereocenters. The highest BCUT2D eigenvalue weighted by atomic mass is 14.7. The minimum absolute atomic E-state index is 0.652. The fourth-order valence-corrected chi connectivity index (χ4v) is 3.53. The van der Waals surface area contributed by atoms with Gasteiger partial charge >= 0.3 is 0 Å². The number of nitrogens with two attached hydrogens (primary N) is 2. The van der Waals surface area contributed by atoms with Crippen molar-refractivity contribution in [3.05, 3.63) is 48.0 Å². The zero-order valence-electron chi connectivity index (χ0n) is 13.2. The predicted octanol–water partition coefficient (Wildman–Crippen LogP) is 5.03. The molecule has 0 unspecified atom stereocenters. The van der Waals surface area contributed by atoms with Gasteiger partial charge in [0.2, 0.25) is 0 Å². The van der Waals surface area contributed by atoms with Crippen molar-refractivity contribution in [3.8, 4) is 11.1 Å². The lowest BCUT2D eigenvalue weighted by atomic mass is 9.85. The molecule has 0 aliphatic heterocycles. The van der Waals surface area contributed by atoms with Crippen LogP contribution < -0.4 is 11.5 Å². The number of para-hydroxylation sites is 1. The second-order valence-electron chi connectivity index (χ2n) is 6.55. The van der Waals surface area contributed by atoms with Gasteiger partial charge in [-0.15, -0.1) is 0 Å². The van der Waals surface area contributed by atoms with Crippen molar-refractivity contribution in [2.75, 3.05) is 11.5 Å². The zero-order chi connectivity index (χ0) is 15.4. The van der Waals surface area contributed by atoms with Crippen LogP contribution in [0.4, 0.5) is 11.4 Å². The molecule has 2 nitrogen and oxygen atoms in total. The average Bonchev–Trinajstić information content (AvgIpc) is 2.57. The van der Waals surface area contributed by atoms with Crippen LogP contribution in [-0.2, 0) is 6.42 Å². The molecule has 2 aromatic rings. The van der Waals surface area contributed by atoms with Crippen LogP contribution >= 0.6 is 0 Å². The van der Waals surface area contributed by atoms with E-state index in [9.17, 15) is 0 Å². The summed E-state index contributed by atoms with van der Waals surface area (Å²) in [6.07, 6.45) is 9.68. The molecule has 0 heterocycles. The normalized spacial score (nSPS) is 15.8. The van der Waals surface area contributed by atoms with Crippen molar-refractivity contribution < 1.29 is 0 Å². The summed E-state index contributed by atoms with van der Waals surface area (Å²) in [4.78, 5) is 0. The van der Waals surface area contributed by atoms with Gasteiger partial charge in [-0.1, -0.05) is 68.5 Å². The molecule has 3 rings (SSSR count). The number of aryl methyl sites for hydroxylation is 1. The smallest absolute Gasteiger partial charge is 0.0627 e. The number of benzene rings is 2. The minimum atomic E-state index is 0.652. The molecule has 22 heavy (non-hydrogen) atoms. The van der Waals surface area contributed by atoms with Crippen LogP contribution in [0.2, 0.25) is 0 Å². The van der Waals surface area contributed by atoms with Gasteiger partial charge in [0, 0.05) is 5.56 Å². The number of hydrogen-bond acceptors (Lipinski definition) is 2. The van der Waals surface area contributed by atoms with Gasteiger partial charge in [-0.05, 0) is 36.0 Å². The Balaban J connectivity index is 1.66. The van der Waals surface area contributed by atoms with Gasteiger partial charge in [-0.25, -0.2) is 0 Å². The van der Waals surface area contributed by atoms with Crippen LogP contribution in [0.15, 0.2) is 42.5 Å². The Hall–Kier alpha value is -1.96. The third-order valence-corrected chi connectivity index (χ3v) is 4.97. The molecule has 2 aromatic carbocycles. The third kappa shape index (κ3) is 3.44. The molecule has 1 saturated carbocycles. The second-order valence-corrected chi connectivity index (χ2v) is 6.55. The van der Waals surface area contributed by atoms with E-state index in [1.165, 1.54) is 50.5 Å². The van der Waals surface area contributed by atoms with E-state index in [1.54, 1.807) is 0 Å². The molecule has 0 aromatic heterocycles. The summed E-state index contributed by atoms with van der Waals surface area (Å²) >= 11 is 0. The van der Waals surface area contributed by atoms with Crippen LogP contribution in [0.1, 0.15) is 44.1 Å². The van der Waals surface area contributed by atoms with Crippen LogP contribution in [0.3, 0.4) is 0 Å². The van der Waals surface area contributed by atoms with E-state index < -0.39 is 0 Å². The standard InChI is InChI=1S/C20H26N2/c21-19-8-4-7-18(20(19)22)17-13-11-16(12-14-17)10-9-15-5-2-1-3-6-15/h4,7-8,11-15H,1-3,5-6,9-10,21-22H2. The highest BCUT2D eigenvalue weighted by Gasteiger charge is 2.13. The predicted molar refractivity (Wildman–Crippen MR) is 95.6 cm³/mol. The van der Waals surface area contributed by atoms with Crippen molar-refractivity contribution in [2.45, 2.75) is 44.9 Å². The molecule has 1 aliphatic rings. The van der Waals surface area contributed by atoms with E-state index in [4.69, 9.17) is 11.5 Å². The summed E-state index contributed by atoms with van der Waals surface area (Å²) in [6.45, 7) is 0. The molecule has 4 N–H and O–H groups in total. The molecule has 2 heteroatoms. The molecule has 1 fully saturated rings. The third-order valence-electron chi connectivity index (χ3n) is 4.97. The monoisotopic (exact) mass is 294 g/mol. The van der Waals surface area contributed by atoms with Gasteiger partial charge in [0.15, 0.2) is 0 Å². The molecule has 0 radical (unpaired) electrons. The summed E-state index contributed by atoms with van der Waals surface area (Å²) in [5, 5.41) is 0. The maximum Gasteiger partial charge on any atom is 0.0627 e. The second kappa shape index (κ2) is 6.87. The molecule has 116 valence electrons. The van der Waals surface area contributed by atoms with Crippen LogP contribution in [0.5, 0.6) is 0 Å². The summed E-state index contributed by atoms with van der Waals surface area (Å²) in [7, 11) is 0. The lowest BCUT2D eigenvalue weighted by Gasteiger charge is -2.21. The topological polar surface area (TPSA) is 52.0 Å². The summed E-state index contributed by atoms with van der Waals surface area (Å²) in [6, 6.07) is 14.6. The van der Waals surface area contributed by atoms with Crippen LogP contribution in [-0.4, -0.2) is 0 Å². The number of anilines is 2. The summed E-state index contributed by atoms with van der Waals surface area (Å²) in [5.74, 6) is 0.943. The first-order valence-corrected chi connectivity index (χ1v) is 8.47. The Labute approximate surface area is 133 Å². The van der Waals surface area contributed by atoms with Gasteiger partial charge in [0.25, 0.3) is 0 Å². The largest absolute Gasteiger partial charge is 0.397 e. The lowest BCUT2D eigenvalue weighted by Crippen LogP contribution is -2.07.